The summed E-state index contributed by atoms with van der Waals surface area (Å²) in [6.45, 7) is 0. The van der Waals surface area contributed by atoms with Crippen LogP contribution in [0.5, 0.6) is 11.8 Å². The molecule has 1 aromatic heterocycles. The highest BCUT2D eigenvalue weighted by atomic mass is 16.5. The van der Waals surface area contributed by atoms with Crippen molar-refractivity contribution in [2.45, 2.75) is 31.7 Å². The number of ether oxygens (including phenoxy) is 2. The van der Waals surface area contributed by atoms with Crippen molar-refractivity contribution in [3.05, 3.63) is 6.07 Å². The Morgan fingerprint density at radius 2 is 1.68 bits per heavy atom. The first-order valence-corrected chi connectivity index (χ1v) is 6.35. The molecule has 0 aromatic carbocycles. The van der Waals surface area contributed by atoms with Gasteiger partial charge in [-0.2, -0.15) is 9.97 Å². The fourth-order valence-electron chi connectivity index (χ4n) is 2.23. The maximum atomic E-state index is 11.3. The van der Waals surface area contributed by atoms with Crippen LogP contribution in [0.3, 0.4) is 0 Å². The van der Waals surface area contributed by atoms with E-state index in [0.29, 0.717) is 36.3 Å². The zero-order valence-corrected chi connectivity index (χ0v) is 11.5. The third kappa shape index (κ3) is 3.13. The molecule has 0 atom stereocenters. The number of Topliss-reactive ketones (excluding diaryl/α,β-unsaturated/α-hetero) is 1. The molecule has 1 fully saturated rings. The number of hydrogen-bond donors (Lipinski definition) is 0. The van der Waals surface area contributed by atoms with E-state index in [4.69, 9.17) is 9.47 Å². The minimum atomic E-state index is 0.287. The fourth-order valence-corrected chi connectivity index (χ4v) is 2.23. The van der Waals surface area contributed by atoms with E-state index in [1.54, 1.807) is 20.3 Å². The van der Waals surface area contributed by atoms with E-state index >= 15 is 0 Å². The van der Waals surface area contributed by atoms with Crippen LogP contribution in [-0.4, -0.2) is 43.1 Å². The van der Waals surface area contributed by atoms with Crippen LogP contribution in [0.1, 0.15) is 25.7 Å². The van der Waals surface area contributed by atoms with Crippen molar-refractivity contribution in [2.75, 3.05) is 26.2 Å². The summed E-state index contributed by atoms with van der Waals surface area (Å²) >= 11 is 0. The SMILES string of the molecule is COc1cc(OC)nc(N(C)C2CCC(=O)CC2)n1. The first-order valence-electron chi connectivity index (χ1n) is 6.35. The maximum Gasteiger partial charge on any atom is 0.231 e. The van der Waals surface area contributed by atoms with Gasteiger partial charge >= 0.3 is 0 Å². The first-order chi connectivity index (χ1) is 9.13. The molecule has 0 unspecified atom stereocenters. The Kier molecular flexibility index (Phi) is 4.19. The molecular formula is C13H19N3O3. The summed E-state index contributed by atoms with van der Waals surface area (Å²) in [6.07, 6.45) is 2.96. The molecule has 2 rings (SSSR count). The number of carbonyl (C=O) groups is 1. The van der Waals surface area contributed by atoms with Gasteiger partial charge in [0, 0.05) is 25.9 Å². The Hall–Kier alpha value is -1.85. The third-order valence-electron chi connectivity index (χ3n) is 3.46. The van der Waals surface area contributed by atoms with Gasteiger partial charge in [-0.3, -0.25) is 4.79 Å². The fraction of sp³-hybridized carbons (Fsp3) is 0.615. The van der Waals surface area contributed by atoms with Gasteiger partial charge in [-0.1, -0.05) is 0 Å². The van der Waals surface area contributed by atoms with E-state index in [1.165, 1.54) is 0 Å². The average Bonchev–Trinajstić information content (AvgIpc) is 2.46. The predicted molar refractivity (Wildman–Crippen MR) is 70.8 cm³/mol. The summed E-state index contributed by atoms with van der Waals surface area (Å²) in [5.41, 5.74) is 0. The molecular weight excluding hydrogens is 246 g/mol. The van der Waals surface area contributed by atoms with Crippen LogP contribution < -0.4 is 14.4 Å². The van der Waals surface area contributed by atoms with Gasteiger partial charge in [0.1, 0.15) is 5.78 Å². The van der Waals surface area contributed by atoms with Crippen LogP contribution in [-0.2, 0) is 4.79 Å². The second-order valence-electron chi connectivity index (χ2n) is 4.63. The lowest BCUT2D eigenvalue weighted by Crippen LogP contribution is -2.36. The molecule has 0 amide bonds. The number of ketones is 1. The second kappa shape index (κ2) is 5.86. The average molecular weight is 265 g/mol. The normalized spacial score (nSPS) is 16.3. The number of rotatable bonds is 4. The molecule has 6 nitrogen and oxygen atoms in total. The Morgan fingerprint density at radius 1 is 1.16 bits per heavy atom. The largest absolute Gasteiger partial charge is 0.481 e. The van der Waals surface area contributed by atoms with Gasteiger partial charge in [0.2, 0.25) is 17.7 Å². The molecule has 0 N–H and O–H groups in total. The smallest absolute Gasteiger partial charge is 0.231 e. The quantitative estimate of drug-likeness (QED) is 0.821. The number of anilines is 1. The van der Waals surface area contributed by atoms with Crippen molar-refractivity contribution >= 4 is 11.7 Å². The summed E-state index contributed by atoms with van der Waals surface area (Å²) < 4.78 is 10.3. The van der Waals surface area contributed by atoms with E-state index in [2.05, 4.69) is 9.97 Å². The Bertz CT molecular complexity index is 432. The lowest BCUT2D eigenvalue weighted by atomic mass is 9.93. The van der Waals surface area contributed by atoms with Crippen LogP contribution in [0.4, 0.5) is 5.95 Å². The van der Waals surface area contributed by atoms with Gasteiger partial charge in [-0.25, -0.2) is 0 Å². The molecule has 0 spiro atoms. The summed E-state index contributed by atoms with van der Waals surface area (Å²) in [4.78, 5) is 21.9. The van der Waals surface area contributed by atoms with Crippen molar-refractivity contribution in [3.8, 4) is 11.8 Å². The number of nitrogens with zero attached hydrogens (tertiary/aromatic N) is 3. The van der Waals surface area contributed by atoms with Crippen molar-refractivity contribution in [1.82, 2.24) is 9.97 Å². The molecule has 1 aliphatic rings. The topological polar surface area (TPSA) is 64.6 Å². The highest BCUT2D eigenvalue weighted by molar-refractivity contribution is 5.79. The molecule has 6 heteroatoms. The second-order valence-corrected chi connectivity index (χ2v) is 4.63. The highest BCUT2D eigenvalue weighted by Crippen LogP contribution is 2.25. The van der Waals surface area contributed by atoms with Crippen LogP contribution in [0.15, 0.2) is 6.07 Å². The van der Waals surface area contributed by atoms with Crippen LogP contribution >= 0.6 is 0 Å². The summed E-state index contributed by atoms with van der Waals surface area (Å²) in [7, 11) is 5.06. The van der Waals surface area contributed by atoms with Gasteiger partial charge < -0.3 is 14.4 Å². The van der Waals surface area contributed by atoms with Crippen molar-refractivity contribution in [2.24, 2.45) is 0 Å². The van der Waals surface area contributed by atoms with Crippen LogP contribution in [0, 0.1) is 0 Å². The summed E-state index contributed by atoms with van der Waals surface area (Å²) in [6, 6.07) is 1.93. The van der Waals surface area contributed by atoms with E-state index in [1.807, 2.05) is 11.9 Å². The minimum absolute atomic E-state index is 0.287. The maximum absolute atomic E-state index is 11.3. The Morgan fingerprint density at radius 3 is 2.16 bits per heavy atom. The molecule has 0 aliphatic heterocycles. The van der Waals surface area contributed by atoms with Crippen molar-refractivity contribution in [1.29, 1.82) is 0 Å². The van der Waals surface area contributed by atoms with Gasteiger partial charge in [0.05, 0.1) is 20.3 Å². The Labute approximate surface area is 112 Å². The van der Waals surface area contributed by atoms with Crippen molar-refractivity contribution in [3.63, 3.8) is 0 Å². The zero-order chi connectivity index (χ0) is 13.8. The summed E-state index contributed by atoms with van der Waals surface area (Å²) in [5, 5.41) is 0. The molecule has 1 saturated carbocycles. The van der Waals surface area contributed by atoms with Gasteiger partial charge in [0.15, 0.2) is 0 Å². The Balaban J connectivity index is 2.17. The molecule has 0 radical (unpaired) electrons. The van der Waals surface area contributed by atoms with Crippen LogP contribution in [0.2, 0.25) is 0 Å². The molecule has 19 heavy (non-hydrogen) atoms. The van der Waals surface area contributed by atoms with Crippen molar-refractivity contribution < 1.29 is 14.3 Å². The molecule has 1 heterocycles. The first kappa shape index (κ1) is 13.6. The van der Waals surface area contributed by atoms with E-state index in [0.717, 1.165) is 12.8 Å². The zero-order valence-electron chi connectivity index (χ0n) is 11.5. The predicted octanol–water partition coefficient (Wildman–Crippen LogP) is 1.44. The number of methoxy groups -OCH3 is 2. The number of carbonyl (C=O) groups excluding carboxylic acids is 1. The molecule has 1 aromatic rings. The minimum Gasteiger partial charge on any atom is -0.481 e. The van der Waals surface area contributed by atoms with Crippen LogP contribution in [0.25, 0.3) is 0 Å². The highest BCUT2D eigenvalue weighted by Gasteiger charge is 2.24. The lowest BCUT2D eigenvalue weighted by Gasteiger charge is -2.30. The lowest BCUT2D eigenvalue weighted by molar-refractivity contribution is -0.120. The standard InChI is InChI=1S/C13H19N3O3/c1-16(9-4-6-10(17)7-5-9)13-14-11(18-2)8-12(15-13)19-3/h8-9H,4-7H2,1-3H3. The monoisotopic (exact) mass is 265 g/mol. The van der Waals surface area contributed by atoms with Gasteiger partial charge in [-0.05, 0) is 12.8 Å². The van der Waals surface area contributed by atoms with E-state index in [-0.39, 0.29) is 6.04 Å². The van der Waals surface area contributed by atoms with E-state index in [9.17, 15) is 4.79 Å². The molecule has 0 saturated heterocycles. The molecule has 1 aliphatic carbocycles. The molecule has 0 bridgehead atoms. The van der Waals surface area contributed by atoms with E-state index < -0.39 is 0 Å². The number of hydrogen-bond acceptors (Lipinski definition) is 6. The summed E-state index contributed by atoms with van der Waals surface area (Å²) in [5.74, 6) is 1.85. The van der Waals surface area contributed by atoms with Gasteiger partial charge in [-0.15, -0.1) is 0 Å². The molecule has 104 valence electrons. The third-order valence-corrected chi connectivity index (χ3v) is 3.46. The van der Waals surface area contributed by atoms with Gasteiger partial charge in [0.25, 0.3) is 0 Å². The number of aromatic nitrogens is 2.